The molecule has 6 nitrogen and oxygen atoms in total. The topological polar surface area (TPSA) is 76.7 Å². The van der Waals surface area contributed by atoms with E-state index in [2.05, 4.69) is 26.8 Å². The van der Waals surface area contributed by atoms with Gasteiger partial charge in [0.1, 0.15) is 11.5 Å². The van der Waals surface area contributed by atoms with Crippen molar-refractivity contribution >= 4 is 27.7 Å². The number of benzene rings is 2. The van der Waals surface area contributed by atoms with Crippen LogP contribution in [-0.2, 0) is 11.2 Å². The molecule has 24 heavy (non-hydrogen) atoms. The molecule has 2 aromatic rings. The van der Waals surface area contributed by atoms with Crippen molar-refractivity contribution in [3.63, 3.8) is 0 Å². The van der Waals surface area contributed by atoms with Gasteiger partial charge >= 0.3 is 0 Å². The summed E-state index contributed by atoms with van der Waals surface area (Å²) in [7, 11) is 2.95. The maximum atomic E-state index is 12.3. The number of nitrogens with one attached hydrogen (secondary N) is 2. The minimum absolute atomic E-state index is 0.167. The van der Waals surface area contributed by atoms with Crippen LogP contribution in [0.1, 0.15) is 15.9 Å². The highest BCUT2D eigenvalue weighted by molar-refractivity contribution is 9.10. The molecule has 2 rings (SSSR count). The number of hydrazine groups is 1. The van der Waals surface area contributed by atoms with Crippen molar-refractivity contribution in [3.8, 4) is 11.5 Å². The second-order valence-corrected chi connectivity index (χ2v) is 5.71. The molecule has 0 bridgehead atoms. The summed E-state index contributed by atoms with van der Waals surface area (Å²) in [6, 6.07) is 12.5. The molecule has 2 N–H and O–H groups in total. The van der Waals surface area contributed by atoms with E-state index in [1.807, 2.05) is 30.3 Å². The predicted octanol–water partition coefficient (Wildman–Crippen LogP) is 2.47. The second kappa shape index (κ2) is 8.35. The zero-order valence-corrected chi connectivity index (χ0v) is 14.8. The number of amides is 2. The summed E-state index contributed by atoms with van der Waals surface area (Å²) in [6.07, 6.45) is 0.167. The number of hydrogen-bond acceptors (Lipinski definition) is 4. The van der Waals surface area contributed by atoms with Gasteiger partial charge in [0.05, 0.1) is 30.7 Å². The quantitative estimate of drug-likeness (QED) is 0.766. The highest BCUT2D eigenvalue weighted by Crippen LogP contribution is 2.33. The minimum atomic E-state index is -0.507. The first-order valence-corrected chi connectivity index (χ1v) is 7.89. The lowest BCUT2D eigenvalue weighted by atomic mass is 10.1. The van der Waals surface area contributed by atoms with Crippen molar-refractivity contribution in [3.05, 3.63) is 58.1 Å². The van der Waals surface area contributed by atoms with Gasteiger partial charge in [0.2, 0.25) is 5.91 Å². The molecule has 0 aromatic heterocycles. The SMILES string of the molecule is COc1cc(Br)c(OC)c(C(=O)NNC(=O)Cc2ccccc2)c1. The molecule has 0 aliphatic carbocycles. The number of hydrogen-bond donors (Lipinski definition) is 2. The fraction of sp³-hybridized carbons (Fsp3) is 0.176. The van der Waals surface area contributed by atoms with Crippen LogP contribution in [0.25, 0.3) is 0 Å². The van der Waals surface area contributed by atoms with Gasteiger partial charge in [-0.15, -0.1) is 0 Å². The summed E-state index contributed by atoms with van der Waals surface area (Å²) < 4.78 is 10.9. The molecule has 2 aromatic carbocycles. The molecule has 0 unspecified atom stereocenters. The zero-order valence-electron chi connectivity index (χ0n) is 13.3. The summed E-state index contributed by atoms with van der Waals surface area (Å²) in [6.45, 7) is 0. The maximum absolute atomic E-state index is 12.3. The van der Waals surface area contributed by atoms with Gasteiger partial charge in [-0.05, 0) is 33.6 Å². The third-order valence-corrected chi connectivity index (χ3v) is 3.81. The van der Waals surface area contributed by atoms with E-state index in [9.17, 15) is 9.59 Å². The number of rotatable bonds is 5. The molecular formula is C17H17BrN2O4. The lowest BCUT2D eigenvalue weighted by Gasteiger charge is -2.13. The number of halogens is 1. The molecule has 0 aliphatic rings. The van der Waals surface area contributed by atoms with Gasteiger partial charge in [0.25, 0.3) is 5.91 Å². The Morgan fingerprint density at radius 3 is 2.38 bits per heavy atom. The van der Waals surface area contributed by atoms with E-state index in [-0.39, 0.29) is 17.9 Å². The fourth-order valence-electron chi connectivity index (χ4n) is 2.08. The normalized spacial score (nSPS) is 9.96. The van der Waals surface area contributed by atoms with Gasteiger partial charge in [-0.1, -0.05) is 30.3 Å². The van der Waals surface area contributed by atoms with E-state index in [0.717, 1.165) is 5.56 Å². The average Bonchev–Trinajstić information content (AvgIpc) is 2.59. The largest absolute Gasteiger partial charge is 0.497 e. The van der Waals surface area contributed by atoms with E-state index >= 15 is 0 Å². The van der Waals surface area contributed by atoms with Crippen LogP contribution < -0.4 is 20.3 Å². The third-order valence-electron chi connectivity index (χ3n) is 3.22. The van der Waals surface area contributed by atoms with Crippen molar-refractivity contribution in [1.29, 1.82) is 0 Å². The Balaban J connectivity index is 2.04. The molecule has 0 spiro atoms. The first-order valence-electron chi connectivity index (χ1n) is 7.09. The van der Waals surface area contributed by atoms with Crippen LogP contribution in [0.2, 0.25) is 0 Å². The van der Waals surface area contributed by atoms with Crippen molar-refractivity contribution in [2.24, 2.45) is 0 Å². The average molecular weight is 393 g/mol. The molecule has 0 heterocycles. The van der Waals surface area contributed by atoms with Crippen molar-refractivity contribution in [2.45, 2.75) is 6.42 Å². The Morgan fingerprint density at radius 1 is 1.04 bits per heavy atom. The third kappa shape index (κ3) is 4.48. The van der Waals surface area contributed by atoms with Gasteiger partial charge in [-0.25, -0.2) is 0 Å². The predicted molar refractivity (Wildman–Crippen MR) is 93.0 cm³/mol. The van der Waals surface area contributed by atoms with Gasteiger partial charge in [0.15, 0.2) is 0 Å². The molecule has 0 radical (unpaired) electrons. The standard InChI is InChI=1S/C17H17BrN2O4/c1-23-12-9-13(16(24-2)14(18)10-12)17(22)20-19-15(21)8-11-6-4-3-5-7-11/h3-7,9-10H,8H2,1-2H3,(H,19,21)(H,20,22). The molecule has 0 fully saturated rings. The smallest absolute Gasteiger partial charge is 0.273 e. The molecule has 0 atom stereocenters. The summed E-state index contributed by atoms with van der Waals surface area (Å²) in [4.78, 5) is 24.2. The summed E-state index contributed by atoms with van der Waals surface area (Å²) in [5.41, 5.74) is 5.86. The molecule has 7 heteroatoms. The van der Waals surface area contributed by atoms with Crippen molar-refractivity contribution in [2.75, 3.05) is 14.2 Å². The van der Waals surface area contributed by atoms with Gasteiger partial charge in [0, 0.05) is 0 Å². The summed E-state index contributed by atoms with van der Waals surface area (Å²) in [5.74, 6) is 0.0115. The van der Waals surface area contributed by atoms with Crippen LogP contribution in [0.3, 0.4) is 0 Å². The first-order chi connectivity index (χ1) is 11.5. The van der Waals surface area contributed by atoms with Crippen molar-refractivity contribution in [1.82, 2.24) is 10.9 Å². The van der Waals surface area contributed by atoms with E-state index in [1.54, 1.807) is 6.07 Å². The molecule has 0 saturated heterocycles. The first kappa shape index (κ1) is 17.8. The molecule has 2 amide bonds. The monoisotopic (exact) mass is 392 g/mol. The number of carbonyl (C=O) groups is 2. The zero-order chi connectivity index (χ0) is 17.5. The van der Waals surface area contributed by atoms with Gasteiger partial charge in [-0.2, -0.15) is 0 Å². The fourth-order valence-corrected chi connectivity index (χ4v) is 2.68. The summed E-state index contributed by atoms with van der Waals surface area (Å²) >= 11 is 3.32. The van der Waals surface area contributed by atoms with E-state index in [0.29, 0.717) is 16.0 Å². The van der Waals surface area contributed by atoms with Crippen molar-refractivity contribution < 1.29 is 19.1 Å². The van der Waals surface area contributed by atoms with Gasteiger partial charge < -0.3 is 9.47 Å². The van der Waals surface area contributed by atoms with E-state index in [4.69, 9.17) is 9.47 Å². The number of methoxy groups -OCH3 is 2. The molecule has 126 valence electrons. The van der Waals surface area contributed by atoms with Crippen LogP contribution in [-0.4, -0.2) is 26.0 Å². The minimum Gasteiger partial charge on any atom is -0.497 e. The molecule has 0 saturated carbocycles. The highest BCUT2D eigenvalue weighted by atomic mass is 79.9. The number of ether oxygens (including phenoxy) is 2. The second-order valence-electron chi connectivity index (χ2n) is 4.85. The van der Waals surface area contributed by atoms with Crippen LogP contribution >= 0.6 is 15.9 Å². The Bertz CT molecular complexity index is 735. The van der Waals surface area contributed by atoms with Crippen LogP contribution in [0.15, 0.2) is 46.9 Å². The molecule has 0 aliphatic heterocycles. The van der Waals surface area contributed by atoms with Crippen LogP contribution in [0, 0.1) is 0 Å². The Kier molecular flexibility index (Phi) is 6.20. The van der Waals surface area contributed by atoms with E-state index in [1.165, 1.54) is 20.3 Å². The Morgan fingerprint density at radius 2 is 1.75 bits per heavy atom. The lowest BCUT2D eigenvalue weighted by molar-refractivity contribution is -0.121. The number of carbonyl (C=O) groups excluding carboxylic acids is 2. The van der Waals surface area contributed by atoms with E-state index < -0.39 is 5.91 Å². The molecular weight excluding hydrogens is 376 g/mol. The summed E-state index contributed by atoms with van der Waals surface area (Å²) in [5, 5.41) is 0. The lowest BCUT2D eigenvalue weighted by Crippen LogP contribution is -2.42. The Labute approximate surface area is 148 Å². The van der Waals surface area contributed by atoms with Crippen LogP contribution in [0.5, 0.6) is 11.5 Å². The Hall–Kier alpha value is -2.54. The maximum Gasteiger partial charge on any atom is 0.273 e. The van der Waals surface area contributed by atoms with Crippen LogP contribution in [0.4, 0.5) is 0 Å². The highest BCUT2D eigenvalue weighted by Gasteiger charge is 2.18. The van der Waals surface area contributed by atoms with Gasteiger partial charge in [-0.3, -0.25) is 20.4 Å².